The van der Waals surface area contributed by atoms with Crippen molar-refractivity contribution in [3.63, 3.8) is 0 Å². The van der Waals surface area contributed by atoms with E-state index in [-0.39, 0.29) is 26.0 Å². The number of nitrogens with zero attached hydrogens (tertiary/aromatic N) is 4. The molecule has 11 rings (SSSR count). The molecule has 62 heavy (non-hydrogen) atoms. The predicted octanol–water partition coefficient (Wildman–Crippen LogP) is 13.4. The Hall–Kier alpha value is -6.12. The van der Waals surface area contributed by atoms with Crippen LogP contribution in [0.4, 0.5) is 0 Å². The summed E-state index contributed by atoms with van der Waals surface area (Å²) in [6.07, 6.45) is 0.433. The van der Waals surface area contributed by atoms with Gasteiger partial charge in [0.1, 0.15) is 5.58 Å². The Labute approximate surface area is 380 Å². The normalized spacial score (nSPS) is 12.9. The molecule has 8 heteroatoms. The second kappa shape index (κ2) is 17.0. The summed E-state index contributed by atoms with van der Waals surface area (Å²) in [5, 5.41) is 4.13. The van der Waals surface area contributed by atoms with Crippen molar-refractivity contribution in [1.82, 2.24) is 19.5 Å². The quantitative estimate of drug-likeness (QED) is 0.117. The van der Waals surface area contributed by atoms with E-state index in [9.17, 15) is 0 Å². The van der Waals surface area contributed by atoms with Crippen LogP contribution in [0.25, 0.3) is 83.4 Å². The molecular weight excluding hydrogens is 1000 g/mol. The zero-order valence-electron chi connectivity index (χ0n) is 37.0. The van der Waals surface area contributed by atoms with Crippen LogP contribution in [0.15, 0.2) is 167 Å². The molecular formula is C54H44GeIrN4O2-2. The maximum absolute atomic E-state index is 9.05. The Morgan fingerprint density at radius 3 is 2.29 bits per heavy atom. The van der Waals surface area contributed by atoms with Crippen molar-refractivity contribution in [1.29, 1.82) is 0 Å². The molecule has 0 aliphatic rings. The summed E-state index contributed by atoms with van der Waals surface area (Å²) in [7, 11) is 0. The van der Waals surface area contributed by atoms with E-state index in [2.05, 4.69) is 80.3 Å². The summed E-state index contributed by atoms with van der Waals surface area (Å²) in [5.74, 6) is 7.36. The van der Waals surface area contributed by atoms with Gasteiger partial charge in [0, 0.05) is 42.0 Å². The van der Waals surface area contributed by atoms with Crippen molar-refractivity contribution in [3.05, 3.63) is 187 Å². The molecule has 1 radical (unpaired) electrons. The minimum atomic E-state index is -2.32. The summed E-state index contributed by atoms with van der Waals surface area (Å²) in [6, 6.07) is 56.8. The van der Waals surface area contributed by atoms with E-state index in [1.54, 1.807) is 0 Å². The number of rotatable bonds is 7. The summed E-state index contributed by atoms with van der Waals surface area (Å²) in [4.78, 5) is 14.4. The third-order valence-corrected chi connectivity index (χ3v) is 15.4. The van der Waals surface area contributed by atoms with E-state index in [1.807, 2.05) is 135 Å². The minimum Gasteiger partial charge on any atom is 0 e. The topological polar surface area (TPSA) is 69.9 Å². The van der Waals surface area contributed by atoms with Gasteiger partial charge in [-0.3, -0.25) is 4.98 Å². The van der Waals surface area contributed by atoms with Gasteiger partial charge in [-0.05, 0) is 43.3 Å². The van der Waals surface area contributed by atoms with Gasteiger partial charge in [-0.2, -0.15) is 0 Å². The van der Waals surface area contributed by atoms with E-state index < -0.39 is 19.6 Å². The molecule has 1 unspecified atom stereocenters. The molecule has 1 atom stereocenters. The second-order valence-electron chi connectivity index (χ2n) is 16.4. The molecule has 5 aromatic heterocycles. The van der Waals surface area contributed by atoms with Crippen LogP contribution in [0.3, 0.4) is 0 Å². The number of benzene rings is 6. The smallest absolute Gasteiger partial charge is 0 e. The molecule has 0 spiro atoms. The molecule has 0 saturated carbocycles. The third-order valence-electron chi connectivity index (χ3n) is 11.2. The number of aromatic nitrogens is 4. The molecule has 0 aliphatic carbocycles. The molecule has 307 valence electrons. The molecule has 0 fully saturated rings. The van der Waals surface area contributed by atoms with Crippen LogP contribution >= 0.6 is 0 Å². The van der Waals surface area contributed by atoms with Gasteiger partial charge in [-0.15, -0.1) is 18.2 Å². The first-order valence-electron chi connectivity index (χ1n) is 21.6. The Kier molecular flexibility index (Phi) is 10.6. The Morgan fingerprint density at radius 2 is 1.47 bits per heavy atom. The fraction of sp³-hybridized carbons (Fsp3) is 0.130. The maximum atomic E-state index is 9.05. The summed E-state index contributed by atoms with van der Waals surface area (Å²) in [6.45, 7) is 3.94. The number of pyridine rings is 2. The average molecular weight is 1050 g/mol. The van der Waals surface area contributed by atoms with Crippen molar-refractivity contribution in [2.45, 2.75) is 43.4 Å². The van der Waals surface area contributed by atoms with Gasteiger partial charge in [0.25, 0.3) is 0 Å². The van der Waals surface area contributed by atoms with Crippen molar-refractivity contribution in [2.75, 3.05) is 0 Å². The predicted molar refractivity (Wildman–Crippen MR) is 252 cm³/mol. The molecule has 0 bridgehead atoms. The number of hydrogen-bond donors (Lipinski definition) is 0. The van der Waals surface area contributed by atoms with E-state index >= 15 is 0 Å². The molecule has 0 saturated heterocycles. The fourth-order valence-corrected chi connectivity index (χ4v) is 11.1. The van der Waals surface area contributed by atoms with Crippen molar-refractivity contribution in [2.24, 2.45) is 0 Å². The van der Waals surface area contributed by atoms with Gasteiger partial charge in [-0.25, -0.2) is 4.98 Å². The Morgan fingerprint density at radius 1 is 0.710 bits per heavy atom. The second-order valence-corrected chi connectivity index (χ2v) is 27.0. The summed E-state index contributed by atoms with van der Waals surface area (Å²) < 4.78 is 34.1. The first kappa shape index (κ1) is 38.8. The number of imidazole rings is 1. The number of para-hydroxylation sites is 4. The van der Waals surface area contributed by atoms with Gasteiger partial charge in [0.15, 0.2) is 5.58 Å². The maximum Gasteiger partial charge on any atom is 0 e. The molecule has 11 aromatic rings. The number of fused-ring (bicyclic) bond motifs is 7. The summed E-state index contributed by atoms with van der Waals surface area (Å²) in [5.41, 5.74) is 11.0. The van der Waals surface area contributed by atoms with Gasteiger partial charge >= 0.3 is 157 Å². The van der Waals surface area contributed by atoms with E-state index in [0.29, 0.717) is 5.71 Å². The molecule has 6 nitrogen and oxygen atoms in total. The van der Waals surface area contributed by atoms with Crippen molar-refractivity contribution < 1.29 is 31.7 Å². The third kappa shape index (κ3) is 7.70. The Balaban J connectivity index is 0.000000167. The Bertz CT molecular complexity index is 3470. The van der Waals surface area contributed by atoms with Crippen LogP contribution in [0.5, 0.6) is 0 Å². The molecule has 0 N–H and O–H groups in total. The minimum absolute atomic E-state index is 0. The van der Waals surface area contributed by atoms with Crippen LogP contribution in [0.1, 0.15) is 32.4 Å². The van der Waals surface area contributed by atoms with E-state index in [1.165, 1.54) is 0 Å². The monoisotopic (exact) mass is 1050 g/mol. The zero-order chi connectivity index (χ0) is 43.5. The largest absolute Gasteiger partial charge is 0 e. The van der Waals surface area contributed by atoms with Gasteiger partial charge in [0.05, 0.1) is 28.1 Å². The van der Waals surface area contributed by atoms with Gasteiger partial charge in [-0.1, -0.05) is 53.4 Å². The number of furan rings is 2. The van der Waals surface area contributed by atoms with Crippen LogP contribution in [-0.4, -0.2) is 32.8 Å². The van der Waals surface area contributed by atoms with Crippen LogP contribution in [-0.2, 0) is 26.5 Å². The van der Waals surface area contributed by atoms with Gasteiger partial charge in [0.2, 0.25) is 5.71 Å². The molecule has 5 heterocycles. The fourth-order valence-electron chi connectivity index (χ4n) is 8.16. The van der Waals surface area contributed by atoms with E-state index in [4.69, 9.17) is 16.6 Å². The average Bonchev–Trinajstić information content (AvgIpc) is 4.00. The van der Waals surface area contributed by atoms with E-state index in [0.717, 1.165) is 98.9 Å². The summed E-state index contributed by atoms with van der Waals surface area (Å²) >= 11 is -2.32. The van der Waals surface area contributed by atoms with Crippen LogP contribution in [0.2, 0.25) is 17.3 Å². The number of aryl methyl sites for hydroxylation is 1. The van der Waals surface area contributed by atoms with Crippen molar-refractivity contribution >= 4 is 72.7 Å². The van der Waals surface area contributed by atoms with Crippen LogP contribution in [0, 0.1) is 19.1 Å². The zero-order valence-corrected chi connectivity index (χ0v) is 39.5. The molecule has 6 aromatic carbocycles. The van der Waals surface area contributed by atoms with Gasteiger partial charge < -0.3 is 13.4 Å². The SMILES string of the molecule is Cc1ccc2c(n1)oc1c(-c3nc4ccccc4n3-c3cccc4c3oc3ccccc34)[c-]ccc12.[2H]C([2H])(c1cc(-c2[c-]cccc2)nc[c]1[Ge]([CH3])([CH3])[CH3])C(C)c1ccccc1.[Ir]. The first-order valence-corrected chi connectivity index (χ1v) is 27.9. The molecule has 0 amide bonds. The first-order chi connectivity index (χ1) is 30.5. The number of hydrogen-bond acceptors (Lipinski definition) is 5. The van der Waals surface area contributed by atoms with Crippen molar-refractivity contribution in [3.8, 4) is 28.3 Å². The van der Waals surface area contributed by atoms with Crippen LogP contribution < -0.4 is 4.40 Å². The molecule has 0 aliphatic heterocycles. The standard InChI is InChI=1S/C31H18N3O2.C23H26GeN.Ir/c1-18-16-17-22-21-9-6-11-23(28(21)36-31(22)32-18)30-33-24-12-3-4-13-25(24)34(30)26-14-7-10-20-19-8-2-5-15-27(19)35-29(20)26;1-18(19-11-7-5-8-12-19)15-21-16-23(20-13-9-6-10-14-20)25-17-22(21)24(2,3)4;/h2-10,12-17H,1H3;5-13,16-18H,15H2,1-4H3;/q2*-1;/i;15D2;.